The van der Waals surface area contributed by atoms with E-state index in [4.69, 9.17) is 4.42 Å². The number of fused-ring (bicyclic) bond motifs is 1. The fourth-order valence-electron chi connectivity index (χ4n) is 2.52. The highest BCUT2D eigenvalue weighted by atomic mass is 32.2. The van der Waals surface area contributed by atoms with Crippen molar-refractivity contribution in [2.24, 2.45) is 7.05 Å². The van der Waals surface area contributed by atoms with Gasteiger partial charge in [-0.15, -0.1) is 20.4 Å². The summed E-state index contributed by atoms with van der Waals surface area (Å²) in [4.78, 5) is 0. The Morgan fingerprint density at radius 2 is 1.96 bits per heavy atom. The van der Waals surface area contributed by atoms with Crippen LogP contribution in [0.1, 0.15) is 0 Å². The Morgan fingerprint density at radius 1 is 1.04 bits per heavy atom. The smallest absolute Gasteiger partial charge is 0.200 e. The fourth-order valence-corrected chi connectivity index (χ4v) is 3.90. The molecule has 0 amide bonds. The average molecular weight is 381 g/mol. The monoisotopic (exact) mass is 381 g/mol. The van der Waals surface area contributed by atoms with Gasteiger partial charge in [-0.2, -0.15) is 21.0 Å². The van der Waals surface area contributed by atoms with Crippen LogP contribution < -0.4 is 0 Å². The maximum Gasteiger partial charge on any atom is 0.200 e. The van der Waals surface area contributed by atoms with E-state index in [1.807, 2.05) is 52.7 Å². The summed E-state index contributed by atoms with van der Waals surface area (Å²) in [7, 11) is 1.90. The van der Waals surface area contributed by atoms with Gasteiger partial charge in [0.25, 0.3) is 0 Å². The normalized spacial score (nSPS) is 11.4. The molecule has 0 unspecified atom stereocenters. The molecule has 8 nitrogen and oxygen atoms in total. The van der Waals surface area contributed by atoms with Crippen LogP contribution in [-0.2, 0) is 7.05 Å². The van der Waals surface area contributed by atoms with Crippen LogP contribution in [0.25, 0.3) is 28.6 Å². The molecule has 0 aliphatic carbocycles. The van der Waals surface area contributed by atoms with Crippen LogP contribution in [0.15, 0.2) is 62.0 Å². The molecule has 26 heavy (non-hydrogen) atoms. The Morgan fingerprint density at radius 3 is 2.77 bits per heavy atom. The van der Waals surface area contributed by atoms with Crippen molar-refractivity contribution in [2.75, 3.05) is 0 Å². The summed E-state index contributed by atoms with van der Waals surface area (Å²) in [6, 6.07) is 9.47. The summed E-state index contributed by atoms with van der Waals surface area (Å²) in [6.07, 6.45) is 1.62. The first kappa shape index (κ1) is 15.3. The number of rotatable bonds is 4. The Balaban J connectivity index is 1.51. The van der Waals surface area contributed by atoms with Gasteiger partial charge < -0.3 is 8.98 Å². The van der Waals surface area contributed by atoms with E-state index in [0.717, 1.165) is 16.4 Å². The Labute approximate surface area is 155 Å². The molecule has 5 aromatic rings. The summed E-state index contributed by atoms with van der Waals surface area (Å²) in [5, 5.41) is 27.0. The van der Waals surface area contributed by atoms with Gasteiger partial charge in [-0.25, -0.2) is 0 Å². The van der Waals surface area contributed by atoms with E-state index in [2.05, 4.69) is 25.5 Å². The standard InChI is InChI=1S/C16H11N7OS2/c1-22-15(11-3-2-7-24-11)19-20-16(22)26-13-5-4-12-17-18-14(23(12)21-13)10-6-8-25-9-10/h2-9H,1H3. The Bertz CT molecular complexity index is 1180. The van der Waals surface area contributed by atoms with Gasteiger partial charge in [0.1, 0.15) is 5.03 Å². The van der Waals surface area contributed by atoms with E-state index in [9.17, 15) is 0 Å². The summed E-state index contributed by atoms with van der Waals surface area (Å²) in [6.45, 7) is 0. The van der Waals surface area contributed by atoms with Crippen LogP contribution in [0.3, 0.4) is 0 Å². The van der Waals surface area contributed by atoms with E-state index in [-0.39, 0.29) is 0 Å². The highest BCUT2D eigenvalue weighted by molar-refractivity contribution is 7.99. The summed E-state index contributed by atoms with van der Waals surface area (Å²) >= 11 is 3.03. The van der Waals surface area contributed by atoms with Crippen LogP contribution in [0.5, 0.6) is 0 Å². The minimum atomic E-state index is 0.668. The summed E-state index contributed by atoms with van der Waals surface area (Å²) in [5.74, 6) is 2.06. The molecule has 10 heteroatoms. The molecule has 5 heterocycles. The van der Waals surface area contributed by atoms with Crippen LogP contribution >= 0.6 is 23.1 Å². The number of furan rings is 1. The molecule has 0 aliphatic heterocycles. The second-order valence-electron chi connectivity index (χ2n) is 5.42. The van der Waals surface area contributed by atoms with Crippen molar-refractivity contribution in [1.82, 2.24) is 34.6 Å². The lowest BCUT2D eigenvalue weighted by Crippen LogP contribution is -1.98. The topological polar surface area (TPSA) is 86.9 Å². The highest BCUT2D eigenvalue weighted by Crippen LogP contribution is 2.28. The van der Waals surface area contributed by atoms with Crippen LogP contribution in [0.4, 0.5) is 0 Å². The molecule has 0 saturated carbocycles. The van der Waals surface area contributed by atoms with Crippen LogP contribution in [0.2, 0.25) is 0 Å². The van der Waals surface area contributed by atoms with Crippen molar-refractivity contribution in [3.8, 4) is 23.0 Å². The molecule has 0 aromatic carbocycles. The molecule has 0 atom stereocenters. The second kappa shape index (κ2) is 6.07. The van der Waals surface area contributed by atoms with E-state index in [1.165, 1.54) is 11.8 Å². The van der Waals surface area contributed by atoms with Crippen molar-refractivity contribution < 1.29 is 4.42 Å². The fraction of sp³-hybridized carbons (Fsp3) is 0.0625. The zero-order chi connectivity index (χ0) is 17.5. The van der Waals surface area contributed by atoms with Gasteiger partial charge in [0.05, 0.1) is 6.26 Å². The van der Waals surface area contributed by atoms with Crippen molar-refractivity contribution in [2.45, 2.75) is 10.2 Å². The van der Waals surface area contributed by atoms with Gasteiger partial charge in [0.2, 0.25) is 0 Å². The van der Waals surface area contributed by atoms with Gasteiger partial charge in [-0.1, -0.05) is 0 Å². The maximum absolute atomic E-state index is 5.40. The van der Waals surface area contributed by atoms with Gasteiger partial charge >= 0.3 is 0 Å². The molecule has 5 rings (SSSR count). The molecular weight excluding hydrogens is 370 g/mol. The molecule has 0 radical (unpaired) electrons. The number of aromatic nitrogens is 7. The van der Waals surface area contributed by atoms with Gasteiger partial charge in [-0.05, 0) is 47.5 Å². The molecule has 0 spiro atoms. The molecule has 0 bridgehead atoms. The van der Waals surface area contributed by atoms with Gasteiger partial charge in [-0.3, -0.25) is 0 Å². The first-order valence-corrected chi connectivity index (χ1v) is 9.42. The molecule has 0 N–H and O–H groups in total. The van der Waals surface area contributed by atoms with E-state index in [0.29, 0.717) is 22.4 Å². The van der Waals surface area contributed by atoms with Crippen LogP contribution in [-0.4, -0.2) is 34.6 Å². The minimum absolute atomic E-state index is 0.668. The Hall–Kier alpha value is -2.98. The average Bonchev–Trinajstić information content (AvgIpc) is 3.43. The quantitative estimate of drug-likeness (QED) is 0.471. The largest absolute Gasteiger partial charge is 0.461 e. The molecule has 0 aliphatic rings. The third kappa shape index (κ3) is 2.50. The number of thiophene rings is 1. The highest BCUT2D eigenvalue weighted by Gasteiger charge is 2.16. The molecular formula is C16H11N7OS2. The number of hydrogen-bond acceptors (Lipinski definition) is 8. The predicted octanol–water partition coefficient (Wildman–Crippen LogP) is 3.39. The summed E-state index contributed by atoms with van der Waals surface area (Å²) < 4.78 is 9.02. The zero-order valence-electron chi connectivity index (χ0n) is 13.5. The number of hydrogen-bond donors (Lipinski definition) is 0. The maximum atomic E-state index is 5.40. The lowest BCUT2D eigenvalue weighted by Gasteiger charge is -2.03. The summed E-state index contributed by atoms with van der Waals surface area (Å²) in [5.41, 5.74) is 1.70. The van der Waals surface area contributed by atoms with Crippen molar-refractivity contribution >= 4 is 28.7 Å². The van der Waals surface area contributed by atoms with Gasteiger partial charge in [0.15, 0.2) is 28.2 Å². The number of nitrogens with zero attached hydrogens (tertiary/aromatic N) is 7. The zero-order valence-corrected chi connectivity index (χ0v) is 15.1. The van der Waals surface area contributed by atoms with Crippen molar-refractivity contribution in [1.29, 1.82) is 0 Å². The second-order valence-corrected chi connectivity index (χ2v) is 7.19. The van der Waals surface area contributed by atoms with E-state index in [1.54, 1.807) is 22.1 Å². The lowest BCUT2D eigenvalue weighted by molar-refractivity contribution is 0.572. The lowest BCUT2D eigenvalue weighted by atomic mass is 10.3. The molecule has 128 valence electrons. The van der Waals surface area contributed by atoms with Gasteiger partial charge in [0, 0.05) is 18.0 Å². The molecule has 5 aromatic heterocycles. The van der Waals surface area contributed by atoms with E-state index < -0.39 is 0 Å². The molecule has 0 fully saturated rings. The third-order valence-electron chi connectivity index (χ3n) is 3.79. The van der Waals surface area contributed by atoms with Crippen LogP contribution in [0, 0.1) is 0 Å². The van der Waals surface area contributed by atoms with E-state index >= 15 is 0 Å². The van der Waals surface area contributed by atoms with Crippen molar-refractivity contribution in [3.05, 3.63) is 47.4 Å². The SMILES string of the molecule is Cn1c(Sc2ccc3nnc(-c4ccsc4)n3n2)nnc1-c1ccco1. The Kier molecular flexibility index (Phi) is 3.57. The van der Waals surface area contributed by atoms with Crippen molar-refractivity contribution in [3.63, 3.8) is 0 Å². The first-order chi connectivity index (χ1) is 12.8. The minimum Gasteiger partial charge on any atom is -0.461 e. The third-order valence-corrected chi connectivity index (χ3v) is 5.44. The molecule has 0 saturated heterocycles. The first-order valence-electron chi connectivity index (χ1n) is 7.66. The predicted molar refractivity (Wildman–Crippen MR) is 96.9 cm³/mol.